The molecule has 0 aliphatic carbocycles. The Morgan fingerprint density at radius 1 is 1.27 bits per heavy atom. The standard InChI is InChI=1S/C17H16N2O2S/c1-10-4-6-13(7-5-10)14-8-22-16-15(14)17(21)19(9-18-16)11(2)12(3)20/h4-9,11H,1-3H3/t11-/m1/s1. The first-order valence-electron chi connectivity index (χ1n) is 7.05. The van der Waals surface area contributed by atoms with Gasteiger partial charge in [0, 0.05) is 10.9 Å². The summed E-state index contributed by atoms with van der Waals surface area (Å²) in [5.41, 5.74) is 2.88. The van der Waals surface area contributed by atoms with Crippen molar-refractivity contribution in [3.05, 3.63) is 51.9 Å². The summed E-state index contributed by atoms with van der Waals surface area (Å²) in [6.45, 7) is 5.23. The van der Waals surface area contributed by atoms with E-state index in [4.69, 9.17) is 0 Å². The largest absolute Gasteiger partial charge is 0.298 e. The molecule has 3 rings (SSSR count). The fraction of sp³-hybridized carbons (Fsp3) is 0.235. The van der Waals surface area contributed by atoms with Crippen LogP contribution in [-0.2, 0) is 4.79 Å². The molecule has 0 aliphatic rings. The topological polar surface area (TPSA) is 52.0 Å². The lowest BCUT2D eigenvalue weighted by Crippen LogP contribution is -2.27. The van der Waals surface area contributed by atoms with E-state index in [1.54, 1.807) is 6.92 Å². The van der Waals surface area contributed by atoms with Crippen molar-refractivity contribution in [1.29, 1.82) is 0 Å². The van der Waals surface area contributed by atoms with E-state index in [0.29, 0.717) is 10.2 Å². The zero-order valence-electron chi connectivity index (χ0n) is 12.7. The minimum atomic E-state index is -0.504. The van der Waals surface area contributed by atoms with E-state index in [1.165, 1.54) is 34.7 Å². The molecule has 0 amide bonds. The molecule has 1 atom stereocenters. The van der Waals surface area contributed by atoms with Gasteiger partial charge in [0.15, 0.2) is 5.78 Å². The summed E-state index contributed by atoms with van der Waals surface area (Å²) in [7, 11) is 0. The van der Waals surface area contributed by atoms with Crippen LogP contribution in [0.1, 0.15) is 25.5 Å². The zero-order chi connectivity index (χ0) is 15.9. The lowest BCUT2D eigenvalue weighted by Gasteiger charge is -2.11. The molecule has 0 fully saturated rings. The van der Waals surface area contributed by atoms with Crippen LogP contribution in [0.4, 0.5) is 0 Å². The number of Topliss-reactive ketones (excluding diaryl/α,β-unsaturated/α-hetero) is 1. The van der Waals surface area contributed by atoms with Gasteiger partial charge in [-0.2, -0.15) is 0 Å². The molecule has 0 spiro atoms. The second kappa shape index (κ2) is 5.50. The summed E-state index contributed by atoms with van der Waals surface area (Å²) in [4.78, 5) is 29.4. The highest BCUT2D eigenvalue weighted by Crippen LogP contribution is 2.30. The number of aromatic nitrogens is 2. The lowest BCUT2D eigenvalue weighted by molar-refractivity contribution is -0.119. The van der Waals surface area contributed by atoms with Crippen molar-refractivity contribution in [2.45, 2.75) is 26.8 Å². The molecule has 0 bridgehead atoms. The molecule has 2 aromatic heterocycles. The molecule has 0 unspecified atom stereocenters. The van der Waals surface area contributed by atoms with E-state index in [9.17, 15) is 9.59 Å². The number of benzene rings is 1. The molecule has 112 valence electrons. The van der Waals surface area contributed by atoms with Gasteiger partial charge >= 0.3 is 0 Å². The summed E-state index contributed by atoms with van der Waals surface area (Å²) >= 11 is 1.45. The highest BCUT2D eigenvalue weighted by Gasteiger charge is 2.17. The van der Waals surface area contributed by atoms with E-state index in [1.807, 2.05) is 36.6 Å². The summed E-state index contributed by atoms with van der Waals surface area (Å²) < 4.78 is 1.41. The predicted molar refractivity (Wildman–Crippen MR) is 89.4 cm³/mol. The van der Waals surface area contributed by atoms with Crippen molar-refractivity contribution in [1.82, 2.24) is 9.55 Å². The molecular weight excluding hydrogens is 296 g/mol. The predicted octanol–water partition coefficient (Wildman–Crippen LogP) is 3.58. The Labute approximate surface area is 132 Å². The van der Waals surface area contributed by atoms with E-state index in [0.717, 1.165) is 11.1 Å². The number of nitrogens with zero attached hydrogens (tertiary/aromatic N) is 2. The average Bonchev–Trinajstić information content (AvgIpc) is 2.92. The van der Waals surface area contributed by atoms with Gasteiger partial charge in [0.25, 0.3) is 5.56 Å². The van der Waals surface area contributed by atoms with E-state index in [2.05, 4.69) is 4.98 Å². The Bertz CT molecular complexity index is 907. The van der Waals surface area contributed by atoms with Crippen LogP contribution >= 0.6 is 11.3 Å². The molecule has 4 nitrogen and oxygen atoms in total. The minimum Gasteiger partial charge on any atom is -0.298 e. The molecular formula is C17H16N2O2S. The summed E-state index contributed by atoms with van der Waals surface area (Å²) in [5.74, 6) is -0.0598. The maximum Gasteiger partial charge on any atom is 0.263 e. The molecule has 0 aliphatic heterocycles. The number of fused-ring (bicyclic) bond motifs is 1. The third kappa shape index (κ3) is 2.37. The molecule has 0 saturated carbocycles. The summed E-state index contributed by atoms with van der Waals surface area (Å²) in [6, 6.07) is 7.54. The monoisotopic (exact) mass is 312 g/mol. The van der Waals surface area contributed by atoms with Crippen LogP contribution < -0.4 is 5.56 Å². The van der Waals surface area contributed by atoms with Gasteiger partial charge in [-0.25, -0.2) is 4.98 Å². The fourth-order valence-electron chi connectivity index (χ4n) is 2.36. The van der Waals surface area contributed by atoms with Crippen LogP contribution in [0.15, 0.2) is 40.8 Å². The highest BCUT2D eigenvalue weighted by molar-refractivity contribution is 7.17. The number of carbonyl (C=O) groups excluding carboxylic acids is 1. The quantitative estimate of drug-likeness (QED) is 0.742. The number of hydrogen-bond acceptors (Lipinski definition) is 4. The minimum absolute atomic E-state index is 0.0598. The Morgan fingerprint density at radius 3 is 2.59 bits per heavy atom. The first kappa shape index (κ1) is 14.7. The van der Waals surface area contributed by atoms with Gasteiger partial charge in [-0.05, 0) is 26.3 Å². The van der Waals surface area contributed by atoms with Gasteiger partial charge in [0.1, 0.15) is 4.83 Å². The average molecular weight is 312 g/mol. The second-order valence-electron chi connectivity index (χ2n) is 5.44. The van der Waals surface area contributed by atoms with Crippen LogP contribution in [0.3, 0.4) is 0 Å². The summed E-state index contributed by atoms with van der Waals surface area (Å²) in [5, 5.41) is 2.54. The number of aryl methyl sites for hydroxylation is 1. The number of rotatable bonds is 3. The molecule has 2 heterocycles. The van der Waals surface area contributed by atoms with Crippen LogP contribution in [-0.4, -0.2) is 15.3 Å². The highest BCUT2D eigenvalue weighted by atomic mass is 32.1. The number of thiophene rings is 1. The number of carbonyl (C=O) groups is 1. The molecule has 0 radical (unpaired) electrons. The van der Waals surface area contributed by atoms with E-state index >= 15 is 0 Å². The van der Waals surface area contributed by atoms with E-state index < -0.39 is 6.04 Å². The Morgan fingerprint density at radius 2 is 1.95 bits per heavy atom. The van der Waals surface area contributed by atoms with Crippen molar-refractivity contribution < 1.29 is 4.79 Å². The maximum atomic E-state index is 12.8. The molecule has 3 aromatic rings. The molecule has 22 heavy (non-hydrogen) atoms. The van der Waals surface area contributed by atoms with Gasteiger partial charge in [0.2, 0.25) is 0 Å². The second-order valence-corrected chi connectivity index (χ2v) is 6.30. The smallest absolute Gasteiger partial charge is 0.263 e. The molecule has 0 saturated heterocycles. The Hall–Kier alpha value is -2.27. The van der Waals surface area contributed by atoms with Crippen LogP contribution in [0, 0.1) is 6.92 Å². The molecule has 1 aromatic carbocycles. The first-order valence-corrected chi connectivity index (χ1v) is 7.93. The Kier molecular flexibility index (Phi) is 3.66. The summed E-state index contributed by atoms with van der Waals surface area (Å²) in [6.07, 6.45) is 1.46. The van der Waals surface area contributed by atoms with Gasteiger partial charge in [-0.15, -0.1) is 11.3 Å². The van der Waals surface area contributed by atoms with Crippen molar-refractivity contribution in [2.75, 3.05) is 0 Å². The van der Waals surface area contributed by atoms with Gasteiger partial charge in [-0.3, -0.25) is 14.2 Å². The van der Waals surface area contributed by atoms with Gasteiger partial charge in [0.05, 0.1) is 17.8 Å². The third-order valence-electron chi connectivity index (χ3n) is 3.89. The zero-order valence-corrected chi connectivity index (χ0v) is 13.5. The third-order valence-corrected chi connectivity index (χ3v) is 4.77. The van der Waals surface area contributed by atoms with Crippen LogP contribution in [0.2, 0.25) is 0 Å². The number of ketones is 1. The normalized spacial score (nSPS) is 12.5. The molecule has 0 N–H and O–H groups in total. The lowest BCUT2D eigenvalue weighted by atomic mass is 10.0. The van der Waals surface area contributed by atoms with Crippen molar-refractivity contribution in [3.63, 3.8) is 0 Å². The van der Waals surface area contributed by atoms with Gasteiger partial charge in [-0.1, -0.05) is 29.8 Å². The maximum absolute atomic E-state index is 12.8. The number of hydrogen-bond donors (Lipinski definition) is 0. The van der Waals surface area contributed by atoms with Gasteiger partial charge < -0.3 is 0 Å². The first-order chi connectivity index (χ1) is 10.5. The van der Waals surface area contributed by atoms with Crippen LogP contribution in [0.25, 0.3) is 21.3 Å². The molecule has 5 heteroatoms. The fourth-order valence-corrected chi connectivity index (χ4v) is 3.27. The SMILES string of the molecule is CC(=O)[C@@H](C)n1cnc2scc(-c3ccc(C)cc3)c2c1=O. The van der Waals surface area contributed by atoms with Crippen molar-refractivity contribution >= 4 is 27.3 Å². The van der Waals surface area contributed by atoms with Crippen LogP contribution in [0.5, 0.6) is 0 Å². The van der Waals surface area contributed by atoms with E-state index in [-0.39, 0.29) is 11.3 Å². The Balaban J connectivity index is 2.25. The van der Waals surface area contributed by atoms with Crippen molar-refractivity contribution in [2.24, 2.45) is 0 Å². The van der Waals surface area contributed by atoms with Crippen molar-refractivity contribution in [3.8, 4) is 11.1 Å².